The van der Waals surface area contributed by atoms with E-state index in [-0.39, 0.29) is 18.7 Å². The van der Waals surface area contributed by atoms with Crippen molar-refractivity contribution in [3.05, 3.63) is 24.3 Å². The second-order valence-electron chi connectivity index (χ2n) is 6.04. The lowest BCUT2D eigenvalue weighted by Gasteiger charge is -2.20. The summed E-state index contributed by atoms with van der Waals surface area (Å²) in [7, 11) is -3.37. The summed E-state index contributed by atoms with van der Waals surface area (Å²) in [5.41, 5.74) is 0.908. The van der Waals surface area contributed by atoms with Crippen LogP contribution in [-0.4, -0.2) is 32.2 Å². The van der Waals surface area contributed by atoms with Gasteiger partial charge in [-0.05, 0) is 49.9 Å². The number of rotatable bonds is 6. The normalized spacial score (nSPS) is 26.0. The summed E-state index contributed by atoms with van der Waals surface area (Å²) < 4.78 is 26.8. The number of aliphatic hydroxyl groups is 1. The van der Waals surface area contributed by atoms with Gasteiger partial charge in [0.15, 0.2) is 0 Å². The number of hydrogen-bond acceptors (Lipinski definition) is 4. The zero-order chi connectivity index (χ0) is 14.9. The third-order valence-electron chi connectivity index (χ3n) is 4.31. The van der Waals surface area contributed by atoms with E-state index in [2.05, 4.69) is 10.0 Å². The Labute approximate surface area is 125 Å². The molecule has 6 heteroatoms. The highest BCUT2D eigenvalue weighted by molar-refractivity contribution is 7.89. The molecule has 0 spiro atoms. The maximum atomic E-state index is 12.1. The van der Waals surface area contributed by atoms with Crippen LogP contribution in [0.25, 0.3) is 0 Å². The Hall–Kier alpha value is -1.11. The summed E-state index contributed by atoms with van der Waals surface area (Å²) in [6.07, 6.45) is 5.09. The van der Waals surface area contributed by atoms with Gasteiger partial charge < -0.3 is 10.4 Å². The zero-order valence-electron chi connectivity index (χ0n) is 12.0. The van der Waals surface area contributed by atoms with Crippen molar-refractivity contribution in [3.8, 4) is 0 Å². The Morgan fingerprint density at radius 3 is 2.43 bits per heavy atom. The monoisotopic (exact) mass is 310 g/mol. The van der Waals surface area contributed by atoms with E-state index in [9.17, 15) is 13.5 Å². The molecular weight excluding hydrogens is 288 g/mol. The minimum Gasteiger partial charge on any atom is -0.396 e. The van der Waals surface area contributed by atoms with Crippen molar-refractivity contribution in [3.63, 3.8) is 0 Å². The van der Waals surface area contributed by atoms with Gasteiger partial charge in [-0.3, -0.25) is 0 Å². The topological polar surface area (TPSA) is 78.4 Å². The van der Waals surface area contributed by atoms with E-state index in [1.54, 1.807) is 24.3 Å². The number of sulfonamides is 1. The fourth-order valence-corrected chi connectivity index (χ4v) is 4.18. The first-order valence-corrected chi connectivity index (χ1v) is 9.06. The van der Waals surface area contributed by atoms with E-state index in [1.807, 2.05) is 0 Å². The molecule has 2 aliphatic rings. The molecular formula is C15H22N2O3S. The molecule has 1 aromatic carbocycles. The molecule has 3 rings (SSSR count). The smallest absolute Gasteiger partial charge is 0.240 e. The summed E-state index contributed by atoms with van der Waals surface area (Å²) in [5, 5.41) is 12.7. The third-order valence-corrected chi connectivity index (χ3v) is 5.85. The lowest BCUT2D eigenvalue weighted by Crippen LogP contribution is -2.27. The van der Waals surface area contributed by atoms with Crippen molar-refractivity contribution in [1.29, 1.82) is 0 Å². The number of benzene rings is 1. The molecule has 116 valence electrons. The van der Waals surface area contributed by atoms with Gasteiger partial charge in [-0.25, -0.2) is 13.1 Å². The van der Waals surface area contributed by atoms with Crippen LogP contribution in [0, 0.1) is 5.92 Å². The Morgan fingerprint density at radius 2 is 1.81 bits per heavy atom. The first-order chi connectivity index (χ1) is 10.1. The van der Waals surface area contributed by atoms with Gasteiger partial charge in [0.05, 0.1) is 4.90 Å². The molecule has 0 heterocycles. The van der Waals surface area contributed by atoms with Gasteiger partial charge in [0.1, 0.15) is 0 Å². The van der Waals surface area contributed by atoms with Crippen molar-refractivity contribution in [1.82, 2.24) is 4.72 Å². The number of hydrogen-bond donors (Lipinski definition) is 3. The predicted molar refractivity (Wildman–Crippen MR) is 81.6 cm³/mol. The molecule has 3 N–H and O–H groups in total. The molecule has 1 aromatic rings. The molecule has 0 aliphatic heterocycles. The van der Waals surface area contributed by atoms with Gasteiger partial charge in [0, 0.05) is 30.3 Å². The molecule has 2 unspecified atom stereocenters. The second-order valence-corrected chi connectivity index (χ2v) is 7.76. The molecule has 21 heavy (non-hydrogen) atoms. The zero-order valence-corrected chi connectivity index (χ0v) is 12.8. The summed E-state index contributed by atoms with van der Waals surface area (Å²) in [5.74, 6) is 0.296. The van der Waals surface area contributed by atoms with Crippen molar-refractivity contribution in [2.75, 3.05) is 11.9 Å². The fraction of sp³-hybridized carbons (Fsp3) is 0.600. The average Bonchev–Trinajstić information content (AvgIpc) is 3.15. The highest BCUT2D eigenvalue weighted by Crippen LogP contribution is 2.28. The standard InChI is InChI=1S/C15H22N2O3S/c18-10-11-2-1-3-15(11)16-12-6-8-14(9-7-12)21(19,20)17-13-4-5-13/h6-9,11,13,15-18H,1-5,10H2. The van der Waals surface area contributed by atoms with Crippen LogP contribution in [0.3, 0.4) is 0 Å². The lowest BCUT2D eigenvalue weighted by atomic mass is 10.0. The Balaban J connectivity index is 1.66. The maximum Gasteiger partial charge on any atom is 0.240 e. The minimum atomic E-state index is -3.37. The first kappa shape index (κ1) is 14.8. The van der Waals surface area contributed by atoms with Crippen LogP contribution in [0.5, 0.6) is 0 Å². The van der Waals surface area contributed by atoms with Crippen molar-refractivity contribution in [2.24, 2.45) is 5.92 Å². The number of nitrogens with one attached hydrogen (secondary N) is 2. The van der Waals surface area contributed by atoms with Gasteiger partial charge in [0.25, 0.3) is 0 Å². The van der Waals surface area contributed by atoms with E-state index >= 15 is 0 Å². The quantitative estimate of drug-likeness (QED) is 0.747. The Bertz CT molecular complexity index is 581. The SMILES string of the molecule is O=S(=O)(NC1CC1)c1ccc(NC2CCCC2CO)cc1. The maximum absolute atomic E-state index is 12.1. The largest absolute Gasteiger partial charge is 0.396 e. The number of anilines is 1. The van der Waals surface area contributed by atoms with E-state index in [4.69, 9.17) is 0 Å². The summed E-state index contributed by atoms with van der Waals surface area (Å²) >= 11 is 0. The number of aliphatic hydroxyl groups excluding tert-OH is 1. The summed E-state index contributed by atoms with van der Waals surface area (Å²) in [6, 6.07) is 7.27. The molecule has 0 saturated heterocycles. The van der Waals surface area contributed by atoms with Crippen LogP contribution in [0.2, 0.25) is 0 Å². The molecule has 2 aliphatic carbocycles. The summed E-state index contributed by atoms with van der Waals surface area (Å²) in [4.78, 5) is 0.310. The van der Waals surface area contributed by atoms with Gasteiger partial charge in [-0.1, -0.05) is 6.42 Å². The third kappa shape index (κ3) is 3.56. The van der Waals surface area contributed by atoms with E-state index in [1.165, 1.54) is 0 Å². The van der Waals surface area contributed by atoms with Crippen LogP contribution in [0.15, 0.2) is 29.2 Å². The van der Waals surface area contributed by atoms with Crippen molar-refractivity contribution in [2.45, 2.75) is 49.1 Å². The molecule has 5 nitrogen and oxygen atoms in total. The second kappa shape index (κ2) is 5.94. The molecule has 0 aromatic heterocycles. The molecule has 0 amide bonds. The lowest BCUT2D eigenvalue weighted by molar-refractivity contribution is 0.222. The average molecular weight is 310 g/mol. The van der Waals surface area contributed by atoms with Gasteiger partial charge in [-0.2, -0.15) is 0 Å². The molecule has 0 radical (unpaired) electrons. The van der Waals surface area contributed by atoms with E-state index in [0.717, 1.165) is 37.8 Å². The molecule has 2 saturated carbocycles. The minimum absolute atomic E-state index is 0.122. The van der Waals surface area contributed by atoms with Crippen LogP contribution in [-0.2, 0) is 10.0 Å². The van der Waals surface area contributed by atoms with Gasteiger partial charge in [-0.15, -0.1) is 0 Å². The van der Waals surface area contributed by atoms with Crippen LogP contribution < -0.4 is 10.0 Å². The van der Waals surface area contributed by atoms with Crippen molar-refractivity contribution >= 4 is 15.7 Å². The Morgan fingerprint density at radius 1 is 1.10 bits per heavy atom. The fourth-order valence-electron chi connectivity index (χ4n) is 2.88. The van der Waals surface area contributed by atoms with E-state index < -0.39 is 10.0 Å². The molecule has 2 fully saturated rings. The van der Waals surface area contributed by atoms with Gasteiger partial charge >= 0.3 is 0 Å². The van der Waals surface area contributed by atoms with Crippen LogP contribution >= 0.6 is 0 Å². The predicted octanol–water partition coefficient (Wildman–Crippen LogP) is 1.70. The Kier molecular flexibility index (Phi) is 4.19. The van der Waals surface area contributed by atoms with Crippen LogP contribution in [0.4, 0.5) is 5.69 Å². The first-order valence-electron chi connectivity index (χ1n) is 7.58. The highest BCUT2D eigenvalue weighted by atomic mass is 32.2. The van der Waals surface area contributed by atoms with Crippen molar-refractivity contribution < 1.29 is 13.5 Å². The molecule has 2 atom stereocenters. The van der Waals surface area contributed by atoms with E-state index in [0.29, 0.717) is 10.8 Å². The highest BCUT2D eigenvalue weighted by Gasteiger charge is 2.28. The molecule has 0 bridgehead atoms. The van der Waals surface area contributed by atoms with Crippen LogP contribution in [0.1, 0.15) is 32.1 Å². The summed E-state index contributed by atoms with van der Waals surface area (Å²) in [6.45, 7) is 0.204. The van der Waals surface area contributed by atoms with Gasteiger partial charge in [0.2, 0.25) is 10.0 Å².